The van der Waals surface area contributed by atoms with Crippen molar-refractivity contribution in [3.63, 3.8) is 0 Å². The van der Waals surface area contributed by atoms with E-state index in [-0.39, 0.29) is 6.10 Å². The van der Waals surface area contributed by atoms with E-state index < -0.39 is 12.1 Å². The predicted octanol–water partition coefficient (Wildman–Crippen LogP) is 4.57. The normalized spacial score (nSPS) is 19.4. The van der Waals surface area contributed by atoms with Crippen molar-refractivity contribution in [1.82, 2.24) is 4.98 Å². The third kappa shape index (κ3) is 3.40. The van der Waals surface area contributed by atoms with Crippen LogP contribution in [0.4, 0.5) is 0 Å². The Hall–Kier alpha value is -2.50. The van der Waals surface area contributed by atoms with E-state index in [2.05, 4.69) is 4.98 Å². The Morgan fingerprint density at radius 2 is 2.00 bits per heavy atom. The molecule has 0 radical (unpaired) electrons. The van der Waals surface area contributed by atoms with Gasteiger partial charge in [0, 0.05) is 22.7 Å². The number of carbonyl (C=O) groups is 1. The number of aromatic amines is 1. The van der Waals surface area contributed by atoms with Crippen LogP contribution in [0.1, 0.15) is 29.6 Å². The van der Waals surface area contributed by atoms with E-state index in [4.69, 9.17) is 21.1 Å². The van der Waals surface area contributed by atoms with E-state index in [1.807, 2.05) is 30.3 Å². The number of rotatable bonds is 4. The maximum absolute atomic E-state index is 11.9. The molecule has 0 aliphatic heterocycles. The lowest BCUT2D eigenvalue weighted by molar-refractivity contribution is 0.0602. The number of hydrogen-bond acceptors (Lipinski definition) is 4. The minimum atomic E-state index is -0.396. The summed E-state index contributed by atoms with van der Waals surface area (Å²) in [5, 5.41) is 11.3. The fourth-order valence-corrected chi connectivity index (χ4v) is 3.85. The Labute approximate surface area is 161 Å². The average Bonchev–Trinajstić information content (AvgIpc) is 3.27. The molecule has 4 rings (SSSR count). The first-order chi connectivity index (χ1) is 13.1. The molecule has 2 unspecified atom stereocenters. The fourth-order valence-electron chi connectivity index (χ4n) is 3.58. The van der Waals surface area contributed by atoms with Crippen molar-refractivity contribution >= 4 is 28.5 Å². The van der Waals surface area contributed by atoms with Gasteiger partial charge in [0.25, 0.3) is 0 Å². The van der Waals surface area contributed by atoms with Gasteiger partial charge in [0.1, 0.15) is 11.9 Å². The molecule has 5 nitrogen and oxygen atoms in total. The number of methoxy groups -OCH3 is 1. The molecule has 1 aromatic heterocycles. The lowest BCUT2D eigenvalue weighted by Crippen LogP contribution is -2.25. The SMILES string of the molecule is COC(=O)c1c[nH]c2cc(Cl)c(-c3ccc(OC4CCCC4O)cc3)cc12. The molecule has 1 fully saturated rings. The molecule has 0 saturated heterocycles. The second-order valence-electron chi connectivity index (χ2n) is 6.75. The zero-order valence-electron chi connectivity index (χ0n) is 14.9. The third-order valence-electron chi connectivity index (χ3n) is 5.05. The Kier molecular flexibility index (Phi) is 4.81. The van der Waals surface area contributed by atoms with E-state index in [1.54, 1.807) is 12.3 Å². The van der Waals surface area contributed by atoms with Gasteiger partial charge in [-0.3, -0.25) is 0 Å². The highest BCUT2D eigenvalue weighted by atomic mass is 35.5. The summed E-state index contributed by atoms with van der Waals surface area (Å²) in [5.74, 6) is 0.326. The van der Waals surface area contributed by atoms with Gasteiger partial charge in [0.2, 0.25) is 0 Å². The number of esters is 1. The quantitative estimate of drug-likeness (QED) is 0.645. The zero-order valence-corrected chi connectivity index (χ0v) is 15.6. The van der Waals surface area contributed by atoms with Crippen molar-refractivity contribution < 1.29 is 19.4 Å². The predicted molar refractivity (Wildman–Crippen MR) is 104 cm³/mol. The van der Waals surface area contributed by atoms with E-state index in [9.17, 15) is 9.90 Å². The van der Waals surface area contributed by atoms with Crippen molar-refractivity contribution in [1.29, 1.82) is 0 Å². The minimum absolute atomic E-state index is 0.141. The largest absolute Gasteiger partial charge is 0.488 e. The number of ether oxygens (including phenoxy) is 2. The monoisotopic (exact) mass is 385 g/mol. The van der Waals surface area contributed by atoms with Crippen LogP contribution >= 0.6 is 11.6 Å². The highest BCUT2D eigenvalue weighted by Gasteiger charge is 2.26. The van der Waals surface area contributed by atoms with Crippen LogP contribution in [0.5, 0.6) is 5.75 Å². The highest BCUT2D eigenvalue weighted by molar-refractivity contribution is 6.34. The molecule has 3 aromatic rings. The van der Waals surface area contributed by atoms with Gasteiger partial charge in [-0.25, -0.2) is 4.79 Å². The summed E-state index contributed by atoms with van der Waals surface area (Å²) in [6, 6.07) is 11.3. The number of carbonyl (C=O) groups excluding carboxylic acids is 1. The van der Waals surface area contributed by atoms with Crippen LogP contribution in [0.15, 0.2) is 42.6 Å². The number of halogens is 1. The summed E-state index contributed by atoms with van der Waals surface area (Å²) in [5.41, 5.74) is 2.99. The number of aromatic nitrogens is 1. The maximum atomic E-state index is 11.9. The topological polar surface area (TPSA) is 71.6 Å². The lowest BCUT2D eigenvalue weighted by atomic mass is 10.0. The Morgan fingerprint density at radius 1 is 1.22 bits per heavy atom. The second kappa shape index (κ2) is 7.25. The van der Waals surface area contributed by atoms with Gasteiger partial charge in [0.05, 0.1) is 23.8 Å². The zero-order chi connectivity index (χ0) is 19.0. The first kappa shape index (κ1) is 17.9. The van der Waals surface area contributed by atoms with Crippen LogP contribution in [0.3, 0.4) is 0 Å². The van der Waals surface area contributed by atoms with Crippen molar-refractivity contribution in [2.75, 3.05) is 7.11 Å². The van der Waals surface area contributed by atoms with Crippen LogP contribution in [-0.4, -0.2) is 35.4 Å². The smallest absolute Gasteiger partial charge is 0.340 e. The molecule has 2 N–H and O–H groups in total. The van der Waals surface area contributed by atoms with E-state index >= 15 is 0 Å². The molecular weight excluding hydrogens is 366 g/mol. The minimum Gasteiger partial charge on any atom is -0.488 e. The van der Waals surface area contributed by atoms with Gasteiger partial charge in [-0.2, -0.15) is 0 Å². The van der Waals surface area contributed by atoms with E-state index in [0.29, 0.717) is 10.6 Å². The number of fused-ring (bicyclic) bond motifs is 1. The highest BCUT2D eigenvalue weighted by Crippen LogP contribution is 2.35. The molecular formula is C21H20ClNO4. The van der Waals surface area contributed by atoms with Crippen molar-refractivity contribution in [3.8, 4) is 16.9 Å². The molecule has 1 saturated carbocycles. The molecule has 0 bridgehead atoms. The number of aliphatic hydroxyl groups excluding tert-OH is 1. The molecule has 140 valence electrons. The van der Waals surface area contributed by atoms with Crippen molar-refractivity contribution in [2.45, 2.75) is 31.5 Å². The van der Waals surface area contributed by atoms with Crippen LogP contribution in [0.25, 0.3) is 22.0 Å². The van der Waals surface area contributed by atoms with Gasteiger partial charge in [0.15, 0.2) is 0 Å². The number of nitrogens with one attached hydrogen (secondary N) is 1. The number of H-pyrrole nitrogens is 1. The summed E-state index contributed by atoms with van der Waals surface area (Å²) in [6.45, 7) is 0. The Bertz CT molecular complexity index is 980. The number of aliphatic hydroxyl groups is 1. The van der Waals surface area contributed by atoms with Crippen LogP contribution in [0, 0.1) is 0 Å². The molecule has 1 aliphatic carbocycles. The molecule has 2 aromatic carbocycles. The lowest BCUT2D eigenvalue weighted by Gasteiger charge is -2.17. The molecule has 6 heteroatoms. The Balaban J connectivity index is 1.65. The van der Waals surface area contributed by atoms with Crippen molar-refractivity contribution in [3.05, 3.63) is 53.2 Å². The second-order valence-corrected chi connectivity index (χ2v) is 7.16. The summed E-state index contributed by atoms with van der Waals surface area (Å²) < 4.78 is 10.7. The Morgan fingerprint density at radius 3 is 2.67 bits per heavy atom. The van der Waals surface area contributed by atoms with Crippen LogP contribution < -0.4 is 4.74 Å². The van der Waals surface area contributed by atoms with Crippen molar-refractivity contribution in [2.24, 2.45) is 0 Å². The number of benzene rings is 2. The van der Waals surface area contributed by atoms with Gasteiger partial charge in [-0.05, 0) is 49.1 Å². The first-order valence-electron chi connectivity index (χ1n) is 8.91. The molecule has 0 spiro atoms. The summed E-state index contributed by atoms with van der Waals surface area (Å²) in [6.07, 6.45) is 3.73. The molecule has 27 heavy (non-hydrogen) atoms. The van der Waals surface area contributed by atoms with Gasteiger partial charge in [-0.1, -0.05) is 23.7 Å². The molecule has 0 amide bonds. The molecule has 2 atom stereocenters. The van der Waals surface area contributed by atoms with E-state index in [0.717, 1.165) is 47.0 Å². The van der Waals surface area contributed by atoms with Crippen LogP contribution in [-0.2, 0) is 4.74 Å². The number of hydrogen-bond donors (Lipinski definition) is 2. The summed E-state index contributed by atoms with van der Waals surface area (Å²) in [4.78, 5) is 15.0. The maximum Gasteiger partial charge on any atom is 0.340 e. The van der Waals surface area contributed by atoms with Gasteiger partial charge >= 0.3 is 5.97 Å². The summed E-state index contributed by atoms with van der Waals surface area (Å²) in [7, 11) is 1.36. The fraction of sp³-hybridized carbons (Fsp3) is 0.286. The molecule has 1 aliphatic rings. The van der Waals surface area contributed by atoms with Gasteiger partial charge < -0.3 is 19.6 Å². The van der Waals surface area contributed by atoms with Crippen LogP contribution in [0.2, 0.25) is 5.02 Å². The summed E-state index contributed by atoms with van der Waals surface area (Å²) >= 11 is 6.46. The first-order valence-corrected chi connectivity index (χ1v) is 9.28. The van der Waals surface area contributed by atoms with E-state index in [1.165, 1.54) is 7.11 Å². The average molecular weight is 386 g/mol. The third-order valence-corrected chi connectivity index (χ3v) is 5.36. The van der Waals surface area contributed by atoms with Gasteiger partial charge in [-0.15, -0.1) is 0 Å². The molecule has 1 heterocycles. The standard InChI is InChI=1S/C21H20ClNO4/c1-26-21(25)16-11-23-18-10-17(22)14(9-15(16)18)12-5-7-13(8-6-12)27-20-4-2-3-19(20)24/h5-11,19-20,23-24H,2-4H2,1H3.